The minimum Gasteiger partial charge on any atom is -0.477 e. The number of nitrogens with zero attached hydrogens (tertiary/aromatic N) is 4. The Morgan fingerprint density at radius 1 is 1.25 bits per heavy atom. The fourth-order valence-electron chi connectivity index (χ4n) is 2.42. The summed E-state index contributed by atoms with van der Waals surface area (Å²) in [5.74, 6) is 1.29. The maximum atomic E-state index is 9.52. The van der Waals surface area contributed by atoms with Gasteiger partial charge in [-0.25, -0.2) is 0 Å². The molecular weight excluding hydrogens is 306 g/mol. The van der Waals surface area contributed by atoms with E-state index < -0.39 is 0 Å². The van der Waals surface area contributed by atoms with Gasteiger partial charge in [0.05, 0.1) is 19.8 Å². The van der Waals surface area contributed by atoms with Crippen LogP contribution in [0.2, 0.25) is 0 Å². The first-order chi connectivity index (χ1) is 11.8. The quantitative estimate of drug-likeness (QED) is 0.903. The SMILES string of the molecule is CCOc1nc(N2CCOCC2)nc(Nc2ccccc2)c1C#N. The topological polar surface area (TPSA) is 83.3 Å². The van der Waals surface area contributed by atoms with E-state index in [9.17, 15) is 5.26 Å². The van der Waals surface area contributed by atoms with Gasteiger partial charge in [0.2, 0.25) is 11.8 Å². The number of rotatable bonds is 5. The molecule has 24 heavy (non-hydrogen) atoms. The highest BCUT2D eigenvalue weighted by atomic mass is 16.5. The van der Waals surface area contributed by atoms with Crippen LogP contribution in [0.4, 0.5) is 17.5 Å². The largest absolute Gasteiger partial charge is 0.477 e. The number of nitriles is 1. The van der Waals surface area contributed by atoms with Crippen molar-refractivity contribution in [3.8, 4) is 11.9 Å². The van der Waals surface area contributed by atoms with Gasteiger partial charge in [-0.3, -0.25) is 0 Å². The van der Waals surface area contributed by atoms with Crippen molar-refractivity contribution in [1.82, 2.24) is 9.97 Å². The number of hydrogen-bond acceptors (Lipinski definition) is 7. The highest BCUT2D eigenvalue weighted by molar-refractivity contribution is 5.67. The van der Waals surface area contributed by atoms with Crippen LogP contribution >= 0.6 is 0 Å². The summed E-state index contributed by atoms with van der Waals surface area (Å²) in [6.45, 7) is 4.98. The van der Waals surface area contributed by atoms with Gasteiger partial charge in [0.1, 0.15) is 6.07 Å². The van der Waals surface area contributed by atoms with Crippen LogP contribution in [-0.4, -0.2) is 42.9 Å². The molecule has 1 aromatic carbocycles. The molecule has 0 unspecified atom stereocenters. The standard InChI is InChI=1S/C17H19N5O2/c1-2-24-16-14(12-18)15(19-13-6-4-3-5-7-13)20-17(21-16)22-8-10-23-11-9-22/h3-7H,2,8-11H2,1H3,(H,19,20,21). The highest BCUT2D eigenvalue weighted by Gasteiger charge is 2.20. The molecule has 2 aromatic rings. The molecule has 1 fully saturated rings. The van der Waals surface area contributed by atoms with E-state index >= 15 is 0 Å². The van der Waals surface area contributed by atoms with Gasteiger partial charge < -0.3 is 19.7 Å². The van der Waals surface area contributed by atoms with Crippen molar-refractivity contribution in [1.29, 1.82) is 5.26 Å². The second-order valence-corrected chi connectivity index (χ2v) is 5.19. The Bertz CT molecular complexity index is 724. The third-order valence-electron chi connectivity index (χ3n) is 3.59. The molecular formula is C17H19N5O2. The Labute approximate surface area is 140 Å². The summed E-state index contributed by atoms with van der Waals surface area (Å²) in [5, 5.41) is 12.7. The molecule has 0 saturated carbocycles. The zero-order valence-corrected chi connectivity index (χ0v) is 13.5. The first-order valence-corrected chi connectivity index (χ1v) is 7.91. The first-order valence-electron chi connectivity index (χ1n) is 7.91. The summed E-state index contributed by atoms with van der Waals surface area (Å²) in [7, 11) is 0. The lowest BCUT2D eigenvalue weighted by atomic mass is 10.2. The molecule has 7 nitrogen and oxygen atoms in total. The van der Waals surface area contributed by atoms with Crippen molar-refractivity contribution in [3.63, 3.8) is 0 Å². The first kappa shape index (κ1) is 16.0. The molecule has 0 atom stereocenters. The number of nitrogens with one attached hydrogen (secondary N) is 1. The maximum absolute atomic E-state index is 9.52. The van der Waals surface area contributed by atoms with E-state index in [1.54, 1.807) is 0 Å². The zero-order valence-electron chi connectivity index (χ0n) is 13.5. The molecule has 0 bridgehead atoms. The zero-order chi connectivity index (χ0) is 16.8. The van der Waals surface area contributed by atoms with Crippen molar-refractivity contribution >= 4 is 17.5 Å². The van der Waals surface area contributed by atoms with Crippen LogP contribution in [0.15, 0.2) is 30.3 Å². The summed E-state index contributed by atoms with van der Waals surface area (Å²) < 4.78 is 10.9. The Morgan fingerprint density at radius 2 is 2.00 bits per heavy atom. The summed E-state index contributed by atoms with van der Waals surface area (Å²) in [6, 6.07) is 11.7. The lowest BCUT2D eigenvalue weighted by Crippen LogP contribution is -2.37. The number of benzene rings is 1. The van der Waals surface area contributed by atoms with Gasteiger partial charge in [0.15, 0.2) is 11.4 Å². The third-order valence-corrected chi connectivity index (χ3v) is 3.59. The number of aromatic nitrogens is 2. The van der Waals surface area contributed by atoms with Crippen molar-refractivity contribution in [3.05, 3.63) is 35.9 Å². The molecule has 0 amide bonds. The summed E-state index contributed by atoms with van der Waals surface area (Å²) in [4.78, 5) is 11.0. The Hall–Kier alpha value is -2.85. The van der Waals surface area contributed by atoms with Crippen LogP contribution < -0.4 is 15.0 Å². The lowest BCUT2D eigenvalue weighted by Gasteiger charge is -2.27. The summed E-state index contributed by atoms with van der Waals surface area (Å²) >= 11 is 0. The van der Waals surface area contributed by atoms with E-state index in [1.807, 2.05) is 42.2 Å². The second kappa shape index (κ2) is 7.62. The van der Waals surface area contributed by atoms with Gasteiger partial charge >= 0.3 is 0 Å². The average Bonchev–Trinajstić information content (AvgIpc) is 2.63. The lowest BCUT2D eigenvalue weighted by molar-refractivity contribution is 0.122. The van der Waals surface area contributed by atoms with E-state index in [4.69, 9.17) is 9.47 Å². The van der Waals surface area contributed by atoms with Crippen LogP contribution in [0.25, 0.3) is 0 Å². The fourth-order valence-corrected chi connectivity index (χ4v) is 2.42. The predicted octanol–water partition coefficient (Wildman–Crippen LogP) is 2.33. The van der Waals surface area contributed by atoms with Crippen LogP contribution in [0, 0.1) is 11.3 Å². The Kier molecular flexibility index (Phi) is 5.08. The van der Waals surface area contributed by atoms with E-state index in [0.29, 0.717) is 56.1 Å². The Balaban J connectivity index is 2.00. The van der Waals surface area contributed by atoms with Crippen LogP contribution in [0.5, 0.6) is 5.88 Å². The second-order valence-electron chi connectivity index (χ2n) is 5.19. The predicted molar refractivity (Wildman–Crippen MR) is 90.7 cm³/mol. The van der Waals surface area contributed by atoms with Crippen molar-refractivity contribution in [2.24, 2.45) is 0 Å². The van der Waals surface area contributed by atoms with Gasteiger partial charge in [0.25, 0.3) is 0 Å². The third kappa shape index (κ3) is 3.55. The molecule has 1 aliphatic heterocycles. The number of hydrogen-bond donors (Lipinski definition) is 1. The number of anilines is 3. The van der Waals surface area contributed by atoms with Crippen LogP contribution in [0.3, 0.4) is 0 Å². The van der Waals surface area contributed by atoms with Gasteiger partial charge in [0, 0.05) is 18.8 Å². The average molecular weight is 325 g/mol. The summed E-state index contributed by atoms with van der Waals surface area (Å²) in [6.07, 6.45) is 0. The maximum Gasteiger partial charge on any atom is 0.238 e. The van der Waals surface area contributed by atoms with Gasteiger partial charge in [-0.2, -0.15) is 15.2 Å². The Morgan fingerprint density at radius 3 is 2.67 bits per heavy atom. The fraction of sp³-hybridized carbons (Fsp3) is 0.353. The molecule has 2 heterocycles. The highest BCUT2D eigenvalue weighted by Crippen LogP contribution is 2.28. The number of para-hydroxylation sites is 1. The normalized spacial score (nSPS) is 14.1. The molecule has 0 aliphatic carbocycles. The molecule has 1 aliphatic rings. The molecule has 0 radical (unpaired) electrons. The monoisotopic (exact) mass is 325 g/mol. The smallest absolute Gasteiger partial charge is 0.238 e. The van der Waals surface area contributed by atoms with Crippen molar-refractivity contribution < 1.29 is 9.47 Å². The van der Waals surface area contributed by atoms with E-state index in [-0.39, 0.29) is 0 Å². The van der Waals surface area contributed by atoms with Crippen LogP contribution in [-0.2, 0) is 4.74 Å². The molecule has 1 N–H and O–H groups in total. The molecule has 124 valence electrons. The number of ether oxygens (including phenoxy) is 2. The van der Waals surface area contributed by atoms with Crippen LogP contribution in [0.1, 0.15) is 12.5 Å². The minimum absolute atomic E-state index is 0.301. The van der Waals surface area contributed by atoms with E-state index in [0.717, 1.165) is 5.69 Å². The molecule has 7 heteroatoms. The minimum atomic E-state index is 0.301. The van der Waals surface area contributed by atoms with Gasteiger partial charge in [-0.1, -0.05) is 18.2 Å². The van der Waals surface area contributed by atoms with Crippen molar-refractivity contribution in [2.45, 2.75) is 6.92 Å². The molecule has 3 rings (SSSR count). The van der Waals surface area contributed by atoms with Crippen molar-refractivity contribution in [2.75, 3.05) is 43.1 Å². The van der Waals surface area contributed by atoms with E-state index in [2.05, 4.69) is 21.4 Å². The van der Waals surface area contributed by atoms with Gasteiger partial charge in [-0.05, 0) is 19.1 Å². The van der Waals surface area contributed by atoms with Gasteiger partial charge in [-0.15, -0.1) is 0 Å². The van der Waals surface area contributed by atoms with E-state index in [1.165, 1.54) is 0 Å². The number of morpholine rings is 1. The molecule has 0 spiro atoms. The molecule has 1 aromatic heterocycles. The molecule has 1 saturated heterocycles. The summed E-state index contributed by atoms with van der Waals surface area (Å²) in [5.41, 5.74) is 1.15.